The Bertz CT molecular complexity index is 560. The minimum absolute atomic E-state index is 0.547. The van der Waals surface area contributed by atoms with Crippen LogP contribution >= 0.6 is 11.5 Å². The predicted octanol–water partition coefficient (Wildman–Crippen LogP) is 2.99. The van der Waals surface area contributed by atoms with Gasteiger partial charge in [0.25, 0.3) is 0 Å². The van der Waals surface area contributed by atoms with E-state index in [1.807, 2.05) is 44.2 Å². The number of rotatable bonds is 5. The fourth-order valence-corrected chi connectivity index (χ4v) is 3.08. The second kappa shape index (κ2) is 5.81. The van der Waals surface area contributed by atoms with Gasteiger partial charge in [0.2, 0.25) is 0 Å². The summed E-state index contributed by atoms with van der Waals surface area (Å²) in [6.45, 7) is 7.03. The van der Waals surface area contributed by atoms with Crippen molar-refractivity contribution in [3.63, 3.8) is 0 Å². The van der Waals surface area contributed by atoms with Gasteiger partial charge in [-0.25, -0.2) is 0 Å². The third-order valence-electron chi connectivity index (χ3n) is 3.01. The van der Waals surface area contributed by atoms with Crippen LogP contribution in [0.1, 0.15) is 20.8 Å². The molecule has 20 heavy (non-hydrogen) atoms. The van der Waals surface area contributed by atoms with Gasteiger partial charge in [0.1, 0.15) is 10.8 Å². The lowest BCUT2D eigenvalue weighted by molar-refractivity contribution is 0.0877. The van der Waals surface area contributed by atoms with Gasteiger partial charge in [0.05, 0.1) is 11.2 Å². The lowest BCUT2D eigenvalue weighted by Gasteiger charge is -2.29. The molecule has 0 saturated heterocycles. The molecule has 0 fully saturated rings. The van der Waals surface area contributed by atoms with Crippen molar-refractivity contribution in [2.24, 2.45) is 0 Å². The molecule has 0 amide bonds. The SMILES string of the molecule is CCN(CC(C)(C)O)c1snc(N)c1-c1ccccc1. The van der Waals surface area contributed by atoms with E-state index in [0.717, 1.165) is 22.7 Å². The van der Waals surface area contributed by atoms with Crippen molar-refractivity contribution >= 4 is 22.4 Å². The van der Waals surface area contributed by atoms with E-state index in [-0.39, 0.29) is 0 Å². The second-order valence-corrected chi connectivity index (χ2v) is 6.19. The number of anilines is 2. The van der Waals surface area contributed by atoms with Gasteiger partial charge in [-0.1, -0.05) is 30.3 Å². The first kappa shape index (κ1) is 14.8. The van der Waals surface area contributed by atoms with Crippen LogP contribution in [-0.2, 0) is 0 Å². The Morgan fingerprint density at radius 1 is 1.30 bits per heavy atom. The van der Waals surface area contributed by atoms with Gasteiger partial charge < -0.3 is 15.7 Å². The Morgan fingerprint density at radius 2 is 1.95 bits per heavy atom. The molecule has 5 heteroatoms. The fourth-order valence-electron chi connectivity index (χ4n) is 2.18. The normalized spacial score (nSPS) is 11.6. The molecule has 4 nitrogen and oxygen atoms in total. The monoisotopic (exact) mass is 291 g/mol. The Hall–Kier alpha value is -1.59. The van der Waals surface area contributed by atoms with Crippen molar-refractivity contribution in [1.29, 1.82) is 0 Å². The lowest BCUT2D eigenvalue weighted by Crippen LogP contribution is -2.38. The van der Waals surface area contributed by atoms with Crippen molar-refractivity contribution in [2.45, 2.75) is 26.4 Å². The van der Waals surface area contributed by atoms with Gasteiger partial charge in [-0.15, -0.1) is 0 Å². The molecule has 1 aromatic heterocycles. The molecular weight excluding hydrogens is 270 g/mol. The number of hydrogen-bond donors (Lipinski definition) is 2. The molecule has 0 aliphatic rings. The van der Waals surface area contributed by atoms with Gasteiger partial charge in [0.15, 0.2) is 0 Å². The highest BCUT2D eigenvalue weighted by atomic mass is 32.1. The summed E-state index contributed by atoms with van der Waals surface area (Å²) in [6, 6.07) is 10.0. The Balaban J connectivity index is 2.42. The summed E-state index contributed by atoms with van der Waals surface area (Å²) in [7, 11) is 0. The Morgan fingerprint density at radius 3 is 2.50 bits per heavy atom. The smallest absolute Gasteiger partial charge is 0.147 e. The van der Waals surface area contributed by atoms with E-state index in [0.29, 0.717) is 12.4 Å². The van der Waals surface area contributed by atoms with E-state index in [9.17, 15) is 5.11 Å². The summed E-state index contributed by atoms with van der Waals surface area (Å²) in [5.41, 5.74) is 7.30. The van der Waals surface area contributed by atoms with Crippen molar-refractivity contribution in [3.05, 3.63) is 30.3 Å². The van der Waals surface area contributed by atoms with Crippen LogP contribution in [0, 0.1) is 0 Å². The minimum atomic E-state index is -0.761. The summed E-state index contributed by atoms with van der Waals surface area (Å²) >= 11 is 1.38. The van der Waals surface area contributed by atoms with Gasteiger partial charge in [-0.2, -0.15) is 4.37 Å². The molecule has 0 bridgehead atoms. The molecule has 3 N–H and O–H groups in total. The number of nitrogens with two attached hydrogens (primary N) is 1. The van der Waals surface area contributed by atoms with Gasteiger partial charge in [-0.05, 0) is 37.9 Å². The molecule has 2 rings (SSSR count). The van der Waals surface area contributed by atoms with Crippen LogP contribution in [0.15, 0.2) is 30.3 Å². The molecule has 0 aliphatic carbocycles. The summed E-state index contributed by atoms with van der Waals surface area (Å²) < 4.78 is 4.29. The first-order valence-electron chi connectivity index (χ1n) is 6.70. The Kier molecular flexibility index (Phi) is 4.30. The maximum atomic E-state index is 10.1. The van der Waals surface area contributed by atoms with Crippen LogP contribution in [0.25, 0.3) is 11.1 Å². The van der Waals surface area contributed by atoms with Gasteiger partial charge >= 0.3 is 0 Å². The fraction of sp³-hybridized carbons (Fsp3) is 0.400. The number of aromatic nitrogens is 1. The van der Waals surface area contributed by atoms with Crippen LogP contribution in [0.5, 0.6) is 0 Å². The summed E-state index contributed by atoms with van der Waals surface area (Å²) in [5.74, 6) is 0.547. The number of nitrogen functional groups attached to an aromatic ring is 1. The maximum Gasteiger partial charge on any atom is 0.147 e. The lowest BCUT2D eigenvalue weighted by atomic mass is 10.1. The second-order valence-electron chi connectivity index (χ2n) is 5.44. The topological polar surface area (TPSA) is 62.4 Å². The molecular formula is C15H21N3OS. The average molecular weight is 291 g/mol. The van der Waals surface area contributed by atoms with Crippen LogP contribution < -0.4 is 10.6 Å². The van der Waals surface area contributed by atoms with E-state index < -0.39 is 5.60 Å². The van der Waals surface area contributed by atoms with E-state index >= 15 is 0 Å². The summed E-state index contributed by atoms with van der Waals surface area (Å²) in [5, 5.41) is 11.1. The zero-order valence-electron chi connectivity index (χ0n) is 12.1. The molecule has 1 heterocycles. The first-order valence-corrected chi connectivity index (χ1v) is 7.47. The van der Waals surface area contributed by atoms with Crippen LogP contribution in [0.3, 0.4) is 0 Å². The predicted molar refractivity (Wildman–Crippen MR) is 86.1 cm³/mol. The molecule has 0 aliphatic heterocycles. The third kappa shape index (κ3) is 3.29. The zero-order valence-corrected chi connectivity index (χ0v) is 12.9. The van der Waals surface area contributed by atoms with Crippen LogP contribution in [-0.4, -0.2) is 28.2 Å². The average Bonchev–Trinajstić information content (AvgIpc) is 2.78. The highest BCUT2D eigenvalue weighted by Crippen LogP contribution is 2.39. The first-order chi connectivity index (χ1) is 9.42. The van der Waals surface area contributed by atoms with Crippen LogP contribution in [0.2, 0.25) is 0 Å². The van der Waals surface area contributed by atoms with E-state index in [1.165, 1.54) is 11.5 Å². The number of nitrogens with zero attached hydrogens (tertiary/aromatic N) is 2. The molecule has 0 unspecified atom stereocenters. The Labute approximate surface area is 124 Å². The molecule has 2 aromatic rings. The number of aliphatic hydroxyl groups is 1. The van der Waals surface area contributed by atoms with Crippen molar-refractivity contribution < 1.29 is 5.11 Å². The van der Waals surface area contributed by atoms with Gasteiger partial charge in [0, 0.05) is 13.1 Å². The largest absolute Gasteiger partial charge is 0.389 e. The molecule has 108 valence electrons. The zero-order chi connectivity index (χ0) is 14.8. The van der Waals surface area contributed by atoms with Crippen molar-refractivity contribution in [3.8, 4) is 11.1 Å². The quantitative estimate of drug-likeness (QED) is 0.889. The number of hydrogen-bond acceptors (Lipinski definition) is 5. The number of likely N-dealkylation sites (N-methyl/N-ethyl adjacent to an activating group) is 1. The molecule has 0 atom stereocenters. The summed E-state index contributed by atoms with van der Waals surface area (Å²) in [6.07, 6.45) is 0. The standard InChI is InChI=1S/C15H21N3OS/c1-4-18(10-15(2,3)19)14-12(13(16)17-20-14)11-8-6-5-7-9-11/h5-9,19H,4,10H2,1-3H3,(H2,16,17). The summed E-state index contributed by atoms with van der Waals surface area (Å²) in [4.78, 5) is 2.12. The highest BCUT2D eigenvalue weighted by Gasteiger charge is 2.23. The van der Waals surface area contributed by atoms with E-state index in [2.05, 4.69) is 16.2 Å². The van der Waals surface area contributed by atoms with E-state index in [1.54, 1.807) is 0 Å². The minimum Gasteiger partial charge on any atom is -0.389 e. The van der Waals surface area contributed by atoms with Crippen molar-refractivity contribution in [2.75, 3.05) is 23.7 Å². The highest BCUT2D eigenvalue weighted by molar-refractivity contribution is 7.11. The van der Waals surface area contributed by atoms with Gasteiger partial charge in [-0.3, -0.25) is 0 Å². The molecule has 1 aromatic carbocycles. The number of benzene rings is 1. The third-order valence-corrected chi connectivity index (χ3v) is 3.93. The van der Waals surface area contributed by atoms with Crippen LogP contribution in [0.4, 0.5) is 10.8 Å². The molecule has 0 spiro atoms. The maximum absolute atomic E-state index is 10.1. The molecule has 0 saturated carbocycles. The van der Waals surface area contributed by atoms with Crippen molar-refractivity contribution in [1.82, 2.24) is 4.37 Å². The van der Waals surface area contributed by atoms with E-state index in [4.69, 9.17) is 5.73 Å². The molecule has 0 radical (unpaired) electrons.